The van der Waals surface area contributed by atoms with Crippen molar-refractivity contribution in [3.05, 3.63) is 12.3 Å². The van der Waals surface area contributed by atoms with Gasteiger partial charge in [-0.3, -0.25) is 5.41 Å². The molecule has 0 aliphatic heterocycles. The van der Waals surface area contributed by atoms with Crippen LogP contribution in [0.1, 0.15) is 13.8 Å². The van der Waals surface area contributed by atoms with Gasteiger partial charge < -0.3 is 0 Å². The summed E-state index contributed by atoms with van der Waals surface area (Å²) in [5.41, 5.74) is 0. The first-order valence-corrected chi connectivity index (χ1v) is 3.34. The molecule has 1 rings (SSSR count). The SMILES string of the molecule is C/C=N\c1ccnn1C(C)=N. The van der Waals surface area contributed by atoms with Gasteiger partial charge in [-0.05, 0) is 13.8 Å². The predicted octanol–water partition coefficient (Wildman–Crippen LogP) is 1.45. The summed E-state index contributed by atoms with van der Waals surface area (Å²) in [4.78, 5) is 4.02. The van der Waals surface area contributed by atoms with Gasteiger partial charge in [-0.2, -0.15) is 5.10 Å². The molecule has 11 heavy (non-hydrogen) atoms. The third-order valence-electron chi connectivity index (χ3n) is 1.20. The van der Waals surface area contributed by atoms with Crippen LogP contribution < -0.4 is 0 Å². The molecule has 4 nitrogen and oxygen atoms in total. The third-order valence-corrected chi connectivity index (χ3v) is 1.20. The summed E-state index contributed by atoms with van der Waals surface area (Å²) in [6.45, 7) is 3.50. The quantitative estimate of drug-likeness (QED) is 0.478. The normalized spacial score (nSPS) is 10.7. The van der Waals surface area contributed by atoms with Gasteiger partial charge in [0, 0.05) is 12.3 Å². The maximum atomic E-state index is 7.30. The van der Waals surface area contributed by atoms with Gasteiger partial charge in [-0.15, -0.1) is 0 Å². The van der Waals surface area contributed by atoms with E-state index < -0.39 is 0 Å². The van der Waals surface area contributed by atoms with Crippen LogP contribution in [0.5, 0.6) is 0 Å². The van der Waals surface area contributed by atoms with Crippen molar-refractivity contribution in [3.63, 3.8) is 0 Å². The fourth-order valence-corrected chi connectivity index (χ4v) is 0.785. The topological polar surface area (TPSA) is 54.0 Å². The smallest absolute Gasteiger partial charge is 0.156 e. The minimum atomic E-state index is 0.371. The van der Waals surface area contributed by atoms with Crippen molar-refractivity contribution in [2.75, 3.05) is 0 Å². The number of rotatable bonds is 1. The van der Waals surface area contributed by atoms with Crippen molar-refractivity contribution < 1.29 is 0 Å². The number of hydrogen-bond donors (Lipinski definition) is 1. The van der Waals surface area contributed by atoms with E-state index in [2.05, 4.69) is 10.1 Å². The van der Waals surface area contributed by atoms with E-state index >= 15 is 0 Å². The second kappa shape index (κ2) is 3.09. The lowest BCUT2D eigenvalue weighted by Gasteiger charge is -1.97. The number of hydrogen-bond acceptors (Lipinski definition) is 3. The summed E-state index contributed by atoms with van der Waals surface area (Å²) in [5.74, 6) is 1.07. The van der Waals surface area contributed by atoms with E-state index in [-0.39, 0.29) is 0 Å². The van der Waals surface area contributed by atoms with E-state index in [0.29, 0.717) is 11.7 Å². The van der Waals surface area contributed by atoms with Crippen molar-refractivity contribution in [1.29, 1.82) is 5.41 Å². The van der Waals surface area contributed by atoms with Crippen LogP contribution in [-0.4, -0.2) is 21.8 Å². The van der Waals surface area contributed by atoms with Gasteiger partial charge in [0.1, 0.15) is 5.84 Å². The Morgan fingerprint density at radius 3 is 3.09 bits per heavy atom. The Morgan fingerprint density at radius 2 is 2.55 bits per heavy atom. The zero-order chi connectivity index (χ0) is 8.27. The van der Waals surface area contributed by atoms with Crippen LogP contribution in [0.4, 0.5) is 5.82 Å². The van der Waals surface area contributed by atoms with E-state index in [0.717, 1.165) is 0 Å². The highest BCUT2D eigenvalue weighted by Crippen LogP contribution is 2.08. The van der Waals surface area contributed by atoms with Crippen LogP contribution >= 0.6 is 0 Å². The molecule has 58 valence electrons. The average Bonchev–Trinajstić information content (AvgIpc) is 2.36. The third kappa shape index (κ3) is 1.52. The molecule has 0 saturated carbocycles. The highest BCUT2D eigenvalue weighted by molar-refractivity contribution is 5.81. The van der Waals surface area contributed by atoms with E-state index in [4.69, 9.17) is 5.41 Å². The molecule has 0 aliphatic carbocycles. The molecule has 0 fully saturated rings. The zero-order valence-electron chi connectivity index (χ0n) is 6.57. The molecule has 0 unspecified atom stereocenters. The molecular formula is C7H10N4. The van der Waals surface area contributed by atoms with Crippen LogP contribution in [0.25, 0.3) is 0 Å². The summed E-state index contributed by atoms with van der Waals surface area (Å²) < 4.78 is 1.47. The lowest BCUT2D eigenvalue weighted by Crippen LogP contribution is -2.06. The van der Waals surface area contributed by atoms with Gasteiger partial charge in [0.2, 0.25) is 0 Å². The van der Waals surface area contributed by atoms with Crippen LogP contribution in [0.2, 0.25) is 0 Å². The maximum Gasteiger partial charge on any atom is 0.156 e. The Labute approximate surface area is 65.1 Å². The fourth-order valence-electron chi connectivity index (χ4n) is 0.785. The fraction of sp³-hybridized carbons (Fsp3) is 0.286. The van der Waals surface area contributed by atoms with Crippen LogP contribution in [0, 0.1) is 5.41 Å². The molecule has 1 aromatic heterocycles. The molecular weight excluding hydrogens is 140 g/mol. The molecule has 0 aromatic carbocycles. The Hall–Kier alpha value is -1.45. The summed E-state index contributed by atoms with van der Waals surface area (Å²) >= 11 is 0. The van der Waals surface area contributed by atoms with Gasteiger partial charge in [-0.25, -0.2) is 9.67 Å². The van der Waals surface area contributed by atoms with Gasteiger partial charge >= 0.3 is 0 Å². The molecule has 0 spiro atoms. The van der Waals surface area contributed by atoms with E-state index in [9.17, 15) is 0 Å². The first-order valence-electron chi connectivity index (χ1n) is 3.34. The first-order chi connectivity index (χ1) is 5.25. The molecule has 0 bridgehead atoms. The standard InChI is InChI=1S/C7H10N4/c1-3-9-7-4-5-10-11(7)6(2)8/h3-5,8H,1-2H3/b8-6?,9-3-. The van der Waals surface area contributed by atoms with Crippen molar-refractivity contribution in [1.82, 2.24) is 9.78 Å². The molecule has 0 amide bonds. The Kier molecular flexibility index (Phi) is 2.15. The van der Waals surface area contributed by atoms with Gasteiger partial charge in [0.15, 0.2) is 5.82 Å². The number of nitrogens with one attached hydrogen (secondary N) is 1. The van der Waals surface area contributed by atoms with Crippen LogP contribution in [0.15, 0.2) is 17.3 Å². The second-order valence-corrected chi connectivity index (χ2v) is 2.07. The Bertz CT molecular complexity index is 284. The van der Waals surface area contributed by atoms with Gasteiger partial charge in [-0.1, -0.05) is 0 Å². The molecule has 0 atom stereocenters. The molecule has 4 heteroatoms. The second-order valence-electron chi connectivity index (χ2n) is 2.07. The van der Waals surface area contributed by atoms with E-state index in [1.165, 1.54) is 4.68 Å². The zero-order valence-corrected chi connectivity index (χ0v) is 6.57. The summed E-state index contributed by atoms with van der Waals surface area (Å²) in [6, 6.07) is 1.76. The summed E-state index contributed by atoms with van der Waals surface area (Å²) in [6.07, 6.45) is 3.30. The molecule has 1 aromatic rings. The Morgan fingerprint density at radius 1 is 1.82 bits per heavy atom. The monoisotopic (exact) mass is 150 g/mol. The molecule has 0 radical (unpaired) electrons. The maximum absolute atomic E-state index is 7.30. The lowest BCUT2D eigenvalue weighted by molar-refractivity contribution is 0.918. The number of nitrogens with zero attached hydrogens (tertiary/aromatic N) is 3. The number of aliphatic imine (C=N–C) groups is 1. The van der Waals surface area contributed by atoms with Gasteiger partial charge in [0.05, 0.1) is 6.20 Å². The lowest BCUT2D eigenvalue weighted by atomic mass is 10.6. The molecule has 1 N–H and O–H groups in total. The average molecular weight is 150 g/mol. The highest BCUT2D eigenvalue weighted by Gasteiger charge is 1.99. The Balaban J connectivity index is 3.05. The van der Waals surface area contributed by atoms with Gasteiger partial charge in [0.25, 0.3) is 0 Å². The first kappa shape index (κ1) is 7.65. The van der Waals surface area contributed by atoms with E-state index in [1.807, 2.05) is 6.92 Å². The van der Waals surface area contributed by atoms with Crippen molar-refractivity contribution in [2.45, 2.75) is 13.8 Å². The van der Waals surface area contributed by atoms with Crippen molar-refractivity contribution in [2.24, 2.45) is 4.99 Å². The molecule has 0 aliphatic rings. The van der Waals surface area contributed by atoms with Crippen LogP contribution in [-0.2, 0) is 0 Å². The summed E-state index contributed by atoms with van der Waals surface area (Å²) in [7, 11) is 0. The van der Waals surface area contributed by atoms with E-state index in [1.54, 1.807) is 25.4 Å². The minimum absolute atomic E-state index is 0.371. The molecule has 0 saturated heterocycles. The number of aromatic nitrogens is 2. The predicted molar refractivity (Wildman–Crippen MR) is 44.9 cm³/mol. The van der Waals surface area contributed by atoms with Crippen LogP contribution in [0.3, 0.4) is 0 Å². The highest BCUT2D eigenvalue weighted by atomic mass is 15.3. The summed E-state index contributed by atoms with van der Waals surface area (Å²) in [5, 5.41) is 11.2. The largest absolute Gasteiger partial charge is 0.287 e. The minimum Gasteiger partial charge on any atom is -0.287 e. The van der Waals surface area contributed by atoms with Crippen molar-refractivity contribution >= 4 is 17.9 Å². The van der Waals surface area contributed by atoms with Crippen molar-refractivity contribution in [3.8, 4) is 0 Å². The molecule has 1 heterocycles.